The number of halogens is 1. The van der Waals surface area contributed by atoms with Crippen LogP contribution in [0.1, 0.15) is 22.3 Å². The van der Waals surface area contributed by atoms with E-state index in [4.69, 9.17) is 16.7 Å². The summed E-state index contributed by atoms with van der Waals surface area (Å²) in [6.07, 6.45) is 1.46. The van der Waals surface area contributed by atoms with Crippen LogP contribution in [0.3, 0.4) is 0 Å². The van der Waals surface area contributed by atoms with Crippen LogP contribution >= 0.6 is 11.6 Å². The molecule has 0 bridgehead atoms. The fourth-order valence-electron chi connectivity index (χ4n) is 4.61. The molecule has 0 N–H and O–H groups in total. The predicted octanol–water partition coefficient (Wildman–Crippen LogP) is 7.08. The summed E-state index contributed by atoms with van der Waals surface area (Å²) in [5, 5.41) is 17.6. The highest BCUT2D eigenvalue weighted by Crippen LogP contribution is 2.44. The average Bonchev–Trinajstić information content (AvgIpc) is 3.21. The molecule has 0 aliphatic carbocycles. The van der Waals surface area contributed by atoms with Crippen molar-refractivity contribution in [2.24, 2.45) is 0 Å². The first-order valence-corrected chi connectivity index (χ1v) is 11.1. The van der Waals surface area contributed by atoms with Crippen molar-refractivity contribution in [2.45, 2.75) is 5.54 Å². The average molecular weight is 466 g/mol. The maximum absolute atomic E-state index is 11.9. The van der Waals surface area contributed by atoms with Gasteiger partial charge in [-0.2, -0.15) is 5.10 Å². The highest BCUT2D eigenvalue weighted by molar-refractivity contribution is 6.34. The molecule has 0 spiro atoms. The summed E-state index contributed by atoms with van der Waals surface area (Å²) in [6, 6.07) is 33.1. The first-order valence-electron chi connectivity index (χ1n) is 10.7. The van der Waals surface area contributed by atoms with Gasteiger partial charge in [0.15, 0.2) is 5.15 Å². The van der Waals surface area contributed by atoms with Crippen molar-refractivity contribution in [2.75, 3.05) is 0 Å². The summed E-state index contributed by atoms with van der Waals surface area (Å²) in [7, 11) is 0. The lowest BCUT2D eigenvalue weighted by atomic mass is 9.77. The molecule has 0 saturated carbocycles. The van der Waals surface area contributed by atoms with E-state index < -0.39 is 10.5 Å². The van der Waals surface area contributed by atoms with Crippen LogP contribution in [-0.4, -0.2) is 14.7 Å². The molecule has 4 aromatic carbocycles. The number of nitro benzene ring substituents is 1. The van der Waals surface area contributed by atoms with Gasteiger partial charge in [-0.3, -0.25) is 10.1 Å². The summed E-state index contributed by atoms with van der Waals surface area (Å²) in [6.45, 7) is 3.73. The molecule has 5 nitrogen and oxygen atoms in total. The van der Waals surface area contributed by atoms with Crippen LogP contribution in [0, 0.1) is 10.1 Å². The van der Waals surface area contributed by atoms with E-state index >= 15 is 0 Å². The van der Waals surface area contributed by atoms with Crippen molar-refractivity contribution in [3.8, 4) is 0 Å². The molecule has 0 saturated heterocycles. The second-order valence-electron chi connectivity index (χ2n) is 7.90. The molecule has 1 aromatic heterocycles. The highest BCUT2D eigenvalue weighted by atomic mass is 35.5. The Kier molecular flexibility index (Phi) is 5.48. The van der Waals surface area contributed by atoms with Gasteiger partial charge in [0.2, 0.25) is 0 Å². The molecular weight excluding hydrogens is 446 g/mol. The van der Waals surface area contributed by atoms with Gasteiger partial charge in [-0.15, -0.1) is 0 Å². The smallest absolute Gasteiger partial charge is 0.258 e. The Bertz CT molecular complexity index is 1400. The predicted molar refractivity (Wildman–Crippen MR) is 136 cm³/mol. The van der Waals surface area contributed by atoms with Crippen LogP contribution in [0.5, 0.6) is 0 Å². The number of benzene rings is 4. The molecular formula is C28H20ClN3O2. The van der Waals surface area contributed by atoms with Gasteiger partial charge in [-0.1, -0.05) is 115 Å². The van der Waals surface area contributed by atoms with E-state index in [1.807, 2.05) is 95.7 Å². The molecule has 0 atom stereocenters. The van der Waals surface area contributed by atoms with Gasteiger partial charge in [-0.05, 0) is 22.8 Å². The van der Waals surface area contributed by atoms with E-state index in [0.717, 1.165) is 16.7 Å². The lowest BCUT2D eigenvalue weighted by Crippen LogP contribution is -2.38. The molecule has 0 unspecified atom stereocenters. The number of nitro groups is 1. The van der Waals surface area contributed by atoms with Crippen molar-refractivity contribution in [1.29, 1.82) is 0 Å². The Labute approximate surface area is 201 Å². The Morgan fingerprint density at radius 1 is 0.853 bits per heavy atom. The molecule has 0 amide bonds. The molecule has 5 rings (SSSR count). The van der Waals surface area contributed by atoms with Gasteiger partial charge in [-0.25, -0.2) is 4.68 Å². The van der Waals surface area contributed by atoms with Gasteiger partial charge >= 0.3 is 0 Å². The van der Waals surface area contributed by atoms with E-state index in [1.54, 1.807) is 6.07 Å². The fourth-order valence-corrected chi connectivity index (χ4v) is 4.84. The van der Waals surface area contributed by atoms with Crippen LogP contribution in [0.25, 0.3) is 17.0 Å². The molecule has 0 radical (unpaired) electrons. The quantitative estimate of drug-likeness (QED) is 0.153. The third kappa shape index (κ3) is 3.29. The number of rotatable bonds is 6. The van der Waals surface area contributed by atoms with E-state index in [2.05, 4.69) is 6.58 Å². The molecule has 0 aliphatic rings. The highest BCUT2D eigenvalue weighted by Gasteiger charge is 2.41. The summed E-state index contributed by atoms with van der Waals surface area (Å²) >= 11 is 6.67. The van der Waals surface area contributed by atoms with Gasteiger partial charge in [0.1, 0.15) is 5.54 Å². The molecule has 34 heavy (non-hydrogen) atoms. The van der Waals surface area contributed by atoms with Gasteiger partial charge in [0.25, 0.3) is 5.69 Å². The topological polar surface area (TPSA) is 61.0 Å². The lowest BCUT2D eigenvalue weighted by molar-refractivity contribution is -0.385. The first-order chi connectivity index (χ1) is 16.6. The van der Waals surface area contributed by atoms with Crippen LogP contribution in [0.15, 0.2) is 110 Å². The zero-order valence-corrected chi connectivity index (χ0v) is 18.9. The van der Waals surface area contributed by atoms with Crippen LogP contribution in [0.2, 0.25) is 5.15 Å². The summed E-state index contributed by atoms with van der Waals surface area (Å²) < 4.78 is 1.81. The SMILES string of the molecule is C=Cc1cc2c(Cl)nn(C(c3ccccc3)(c3ccccc3)c3ccccc3)c2cc1[N+](=O)[O-]. The van der Waals surface area contributed by atoms with Crippen molar-refractivity contribution in [3.05, 3.63) is 147 Å². The fraction of sp³-hybridized carbons (Fsp3) is 0.0357. The van der Waals surface area contributed by atoms with Gasteiger partial charge < -0.3 is 0 Å². The monoisotopic (exact) mass is 465 g/mol. The zero-order valence-electron chi connectivity index (χ0n) is 18.1. The molecule has 0 aliphatic heterocycles. The van der Waals surface area contributed by atoms with E-state index in [-0.39, 0.29) is 10.8 Å². The first kappa shape index (κ1) is 21.6. The van der Waals surface area contributed by atoms with Crippen LogP contribution in [-0.2, 0) is 5.54 Å². The minimum Gasteiger partial charge on any atom is -0.258 e. The van der Waals surface area contributed by atoms with Crippen LogP contribution in [0.4, 0.5) is 5.69 Å². The summed E-state index contributed by atoms with van der Waals surface area (Å²) in [5.41, 5.74) is 2.81. The summed E-state index contributed by atoms with van der Waals surface area (Å²) in [4.78, 5) is 11.5. The molecule has 1 heterocycles. The van der Waals surface area contributed by atoms with Crippen molar-refractivity contribution >= 4 is 34.3 Å². The minimum atomic E-state index is -0.932. The minimum absolute atomic E-state index is 0.0524. The Hall–Kier alpha value is -4.22. The lowest BCUT2D eigenvalue weighted by Gasteiger charge is -2.37. The van der Waals surface area contributed by atoms with Crippen molar-refractivity contribution in [1.82, 2.24) is 9.78 Å². The van der Waals surface area contributed by atoms with Gasteiger partial charge in [0.05, 0.1) is 16.0 Å². The number of fused-ring (bicyclic) bond motifs is 1. The molecule has 166 valence electrons. The summed E-state index contributed by atoms with van der Waals surface area (Å²) in [5.74, 6) is 0. The van der Waals surface area contributed by atoms with E-state index in [1.165, 1.54) is 12.1 Å². The molecule has 5 aromatic rings. The largest absolute Gasteiger partial charge is 0.278 e. The normalized spacial score (nSPS) is 11.4. The second kappa shape index (κ2) is 8.61. The number of hydrogen-bond donors (Lipinski definition) is 0. The second-order valence-corrected chi connectivity index (χ2v) is 8.26. The number of hydrogen-bond acceptors (Lipinski definition) is 3. The Morgan fingerprint density at radius 2 is 1.32 bits per heavy atom. The van der Waals surface area contributed by atoms with Crippen molar-refractivity contribution in [3.63, 3.8) is 0 Å². The van der Waals surface area contributed by atoms with Crippen LogP contribution < -0.4 is 0 Å². The third-order valence-electron chi connectivity index (χ3n) is 6.09. The number of nitrogens with zero attached hydrogens (tertiary/aromatic N) is 3. The van der Waals surface area contributed by atoms with Crippen molar-refractivity contribution < 1.29 is 4.92 Å². The molecule has 0 fully saturated rings. The Morgan fingerprint density at radius 3 is 1.74 bits per heavy atom. The van der Waals surface area contributed by atoms with E-state index in [9.17, 15) is 10.1 Å². The van der Waals surface area contributed by atoms with E-state index in [0.29, 0.717) is 16.5 Å². The molecule has 6 heteroatoms. The standard InChI is InChI=1S/C28H20ClN3O2/c1-2-20-18-24-26(19-25(20)32(33)34)31(30-27(24)29)28(21-12-6-3-7-13-21,22-14-8-4-9-15-22)23-16-10-5-11-17-23/h2-19H,1H2. The number of aromatic nitrogens is 2. The Balaban J connectivity index is 2.00. The third-order valence-corrected chi connectivity index (χ3v) is 6.37. The zero-order chi connectivity index (χ0) is 23.7. The maximum Gasteiger partial charge on any atom is 0.278 e. The van der Waals surface area contributed by atoms with Gasteiger partial charge in [0, 0.05) is 11.5 Å². The maximum atomic E-state index is 11.9.